The quantitative estimate of drug-likeness (QED) is 0.928. The molecule has 1 heterocycles. The van der Waals surface area contributed by atoms with Crippen LogP contribution in [0.4, 0.5) is 0 Å². The average Bonchev–Trinajstić information content (AvgIpc) is 3.14. The Morgan fingerprint density at radius 2 is 2.10 bits per heavy atom. The molecule has 1 saturated carbocycles. The van der Waals surface area contributed by atoms with Crippen LogP contribution in [0, 0.1) is 0 Å². The predicted molar refractivity (Wildman–Crippen MR) is 78.0 cm³/mol. The van der Waals surface area contributed by atoms with Gasteiger partial charge in [-0.05, 0) is 25.0 Å². The second kappa shape index (κ2) is 6.12. The number of nitrogens with zero attached hydrogens (tertiary/aromatic N) is 1. The minimum Gasteiger partial charge on any atom is -0.454 e. The molecule has 6 heteroatoms. The summed E-state index contributed by atoms with van der Waals surface area (Å²) in [5.74, 6) is 0.875. The second-order valence-corrected chi connectivity index (χ2v) is 5.76. The second-order valence-electron chi connectivity index (χ2n) is 5.35. The van der Waals surface area contributed by atoms with Gasteiger partial charge >= 0.3 is 0 Å². The summed E-state index contributed by atoms with van der Waals surface area (Å²) in [7, 11) is 0. The fraction of sp³-hybridized carbons (Fsp3) is 0.533. The van der Waals surface area contributed by atoms with Gasteiger partial charge in [0.2, 0.25) is 6.79 Å². The molecule has 1 N–H and O–H groups in total. The maximum absolute atomic E-state index is 12.7. The number of halogens is 1. The van der Waals surface area contributed by atoms with E-state index in [4.69, 9.17) is 21.1 Å². The molecule has 2 aliphatic rings. The highest BCUT2D eigenvalue weighted by Gasteiger charge is 2.29. The van der Waals surface area contributed by atoms with E-state index in [1.54, 1.807) is 17.0 Å². The van der Waals surface area contributed by atoms with Crippen molar-refractivity contribution >= 4 is 17.5 Å². The number of hydrogen-bond donors (Lipinski definition) is 1. The highest BCUT2D eigenvalue weighted by atomic mass is 35.5. The molecule has 1 aliphatic carbocycles. The van der Waals surface area contributed by atoms with E-state index in [2.05, 4.69) is 0 Å². The van der Waals surface area contributed by atoms with Crippen LogP contribution in [0.5, 0.6) is 11.5 Å². The van der Waals surface area contributed by atoms with Gasteiger partial charge in [0.1, 0.15) is 0 Å². The molecular formula is C15H18ClNO4. The Bertz CT molecular complexity index is 543. The summed E-state index contributed by atoms with van der Waals surface area (Å²) >= 11 is 6.14. The number of carbonyl (C=O) groups is 1. The molecule has 1 fully saturated rings. The van der Waals surface area contributed by atoms with E-state index in [-0.39, 0.29) is 25.3 Å². The van der Waals surface area contributed by atoms with Crippen LogP contribution in [-0.2, 0) is 0 Å². The number of fused-ring (bicyclic) bond motifs is 1. The monoisotopic (exact) mass is 311 g/mol. The minimum absolute atomic E-state index is 0.0411. The van der Waals surface area contributed by atoms with Crippen molar-refractivity contribution in [1.82, 2.24) is 4.90 Å². The van der Waals surface area contributed by atoms with Crippen LogP contribution in [0.2, 0.25) is 5.02 Å². The van der Waals surface area contributed by atoms with Crippen LogP contribution in [0.25, 0.3) is 0 Å². The standard InChI is InChI=1S/C15H18ClNO4/c16-12-7-10(8-13-14(12)21-9-20-13)15(19)17(5-6-18)11-3-1-2-4-11/h7-8,11,18H,1-6,9H2. The largest absolute Gasteiger partial charge is 0.454 e. The Morgan fingerprint density at radius 3 is 2.81 bits per heavy atom. The third-order valence-electron chi connectivity index (χ3n) is 4.04. The fourth-order valence-corrected chi connectivity index (χ4v) is 3.30. The highest BCUT2D eigenvalue weighted by Crippen LogP contribution is 2.40. The number of aliphatic hydroxyl groups is 1. The van der Waals surface area contributed by atoms with Gasteiger partial charge < -0.3 is 19.5 Å². The van der Waals surface area contributed by atoms with Crippen molar-refractivity contribution in [2.45, 2.75) is 31.7 Å². The molecule has 21 heavy (non-hydrogen) atoms. The van der Waals surface area contributed by atoms with E-state index in [0.29, 0.717) is 28.6 Å². The molecule has 0 saturated heterocycles. The van der Waals surface area contributed by atoms with Crippen LogP contribution in [-0.4, -0.2) is 41.9 Å². The first kappa shape index (κ1) is 14.5. The molecule has 1 aliphatic heterocycles. The van der Waals surface area contributed by atoms with Crippen molar-refractivity contribution in [1.29, 1.82) is 0 Å². The van der Waals surface area contributed by atoms with E-state index in [1.807, 2.05) is 0 Å². The van der Waals surface area contributed by atoms with E-state index < -0.39 is 0 Å². The average molecular weight is 312 g/mol. The molecular weight excluding hydrogens is 294 g/mol. The van der Waals surface area contributed by atoms with Gasteiger partial charge in [0.25, 0.3) is 5.91 Å². The first-order chi connectivity index (χ1) is 10.2. The first-order valence-electron chi connectivity index (χ1n) is 7.21. The van der Waals surface area contributed by atoms with Crippen molar-refractivity contribution in [2.24, 2.45) is 0 Å². The maximum Gasteiger partial charge on any atom is 0.254 e. The van der Waals surface area contributed by atoms with Gasteiger partial charge in [-0.3, -0.25) is 4.79 Å². The molecule has 0 radical (unpaired) electrons. The smallest absolute Gasteiger partial charge is 0.254 e. The Labute approximate surface area is 128 Å². The van der Waals surface area contributed by atoms with Crippen molar-refractivity contribution < 1.29 is 19.4 Å². The molecule has 0 bridgehead atoms. The normalized spacial score (nSPS) is 17.2. The van der Waals surface area contributed by atoms with Crippen molar-refractivity contribution in [2.75, 3.05) is 19.9 Å². The number of amides is 1. The summed E-state index contributed by atoms with van der Waals surface area (Å²) in [4.78, 5) is 14.5. The van der Waals surface area contributed by atoms with Gasteiger partial charge in [-0.15, -0.1) is 0 Å². The topological polar surface area (TPSA) is 59.0 Å². The van der Waals surface area contributed by atoms with Crippen LogP contribution in [0.1, 0.15) is 36.0 Å². The van der Waals surface area contributed by atoms with Crippen LogP contribution < -0.4 is 9.47 Å². The number of aliphatic hydroxyl groups excluding tert-OH is 1. The zero-order valence-electron chi connectivity index (χ0n) is 11.7. The number of hydrogen-bond acceptors (Lipinski definition) is 4. The third kappa shape index (κ3) is 2.80. The number of benzene rings is 1. The van der Waals surface area contributed by atoms with E-state index in [9.17, 15) is 9.90 Å². The lowest BCUT2D eigenvalue weighted by Crippen LogP contribution is -2.40. The van der Waals surface area contributed by atoms with Crippen LogP contribution in [0.15, 0.2) is 12.1 Å². The molecule has 0 atom stereocenters. The molecule has 0 spiro atoms. The fourth-order valence-electron chi connectivity index (χ4n) is 3.03. The lowest BCUT2D eigenvalue weighted by molar-refractivity contribution is 0.0637. The Morgan fingerprint density at radius 1 is 1.33 bits per heavy atom. The van der Waals surface area contributed by atoms with Crippen LogP contribution >= 0.6 is 11.6 Å². The minimum atomic E-state index is -0.115. The number of carbonyl (C=O) groups excluding carboxylic acids is 1. The van der Waals surface area contributed by atoms with Crippen molar-refractivity contribution in [3.8, 4) is 11.5 Å². The van der Waals surface area contributed by atoms with Gasteiger partial charge in [0, 0.05) is 18.2 Å². The highest BCUT2D eigenvalue weighted by molar-refractivity contribution is 6.32. The van der Waals surface area contributed by atoms with Gasteiger partial charge in [-0.2, -0.15) is 0 Å². The van der Waals surface area contributed by atoms with E-state index >= 15 is 0 Å². The van der Waals surface area contributed by atoms with Crippen molar-refractivity contribution in [3.05, 3.63) is 22.7 Å². The Hall–Kier alpha value is -1.46. The van der Waals surface area contributed by atoms with Crippen molar-refractivity contribution in [3.63, 3.8) is 0 Å². The van der Waals surface area contributed by atoms with E-state index in [1.165, 1.54) is 0 Å². The van der Waals surface area contributed by atoms with Gasteiger partial charge in [-0.1, -0.05) is 24.4 Å². The first-order valence-corrected chi connectivity index (χ1v) is 7.59. The Kier molecular flexibility index (Phi) is 4.22. The maximum atomic E-state index is 12.7. The predicted octanol–water partition coefficient (Wildman–Crippen LogP) is 2.45. The SMILES string of the molecule is O=C(c1cc(Cl)c2c(c1)OCO2)N(CCO)C1CCCC1. The molecule has 1 aromatic rings. The van der Waals surface area contributed by atoms with E-state index in [0.717, 1.165) is 25.7 Å². The molecule has 5 nitrogen and oxygen atoms in total. The summed E-state index contributed by atoms with van der Waals surface area (Å²) in [6.45, 7) is 0.422. The molecule has 0 unspecified atom stereocenters. The van der Waals surface area contributed by atoms with Gasteiger partial charge in [-0.25, -0.2) is 0 Å². The number of ether oxygens (including phenoxy) is 2. The summed E-state index contributed by atoms with van der Waals surface area (Å²) in [6, 6.07) is 3.47. The van der Waals surface area contributed by atoms with Gasteiger partial charge in [0.05, 0.1) is 11.6 Å². The summed E-state index contributed by atoms with van der Waals surface area (Å²) in [5.41, 5.74) is 0.476. The summed E-state index contributed by atoms with van der Waals surface area (Å²) in [6.07, 6.45) is 4.23. The molecule has 0 aromatic heterocycles. The lowest BCUT2D eigenvalue weighted by Gasteiger charge is -2.28. The lowest BCUT2D eigenvalue weighted by atomic mass is 10.1. The zero-order chi connectivity index (χ0) is 14.8. The summed E-state index contributed by atoms with van der Waals surface area (Å²) < 4.78 is 10.6. The van der Waals surface area contributed by atoms with Crippen LogP contribution in [0.3, 0.4) is 0 Å². The molecule has 1 amide bonds. The third-order valence-corrected chi connectivity index (χ3v) is 4.32. The molecule has 1 aromatic carbocycles. The molecule has 3 rings (SSSR count). The Balaban J connectivity index is 1.87. The number of rotatable bonds is 4. The summed E-state index contributed by atoms with van der Waals surface area (Å²) in [5, 5.41) is 9.62. The molecule has 114 valence electrons. The van der Waals surface area contributed by atoms with Gasteiger partial charge in [0.15, 0.2) is 11.5 Å². The zero-order valence-corrected chi connectivity index (χ0v) is 12.4.